The van der Waals surface area contributed by atoms with Gasteiger partial charge in [-0.05, 0) is 13.8 Å². The Bertz CT molecular complexity index is 954. The molecule has 160 valence electrons. The zero-order valence-corrected chi connectivity index (χ0v) is 16.3. The summed E-state index contributed by atoms with van der Waals surface area (Å²) >= 11 is 0. The second kappa shape index (κ2) is 9.22. The van der Waals surface area contributed by atoms with E-state index in [4.69, 9.17) is 9.47 Å². The number of aliphatic hydroxyl groups excluding tert-OH is 1. The van der Waals surface area contributed by atoms with Gasteiger partial charge in [0.2, 0.25) is 0 Å². The van der Waals surface area contributed by atoms with Gasteiger partial charge < -0.3 is 14.6 Å². The zero-order chi connectivity index (χ0) is 22.6. The van der Waals surface area contributed by atoms with Gasteiger partial charge in [0.1, 0.15) is 5.92 Å². The first-order chi connectivity index (χ1) is 14.1. The van der Waals surface area contributed by atoms with Gasteiger partial charge >= 0.3 is 18.2 Å². The summed E-state index contributed by atoms with van der Waals surface area (Å²) in [5, 5.41) is 31.4. The molecule has 3 atom stereocenters. The number of hydrogen-bond acceptors (Lipinski definition) is 10. The van der Waals surface area contributed by atoms with Crippen molar-refractivity contribution in [1.82, 2.24) is 0 Å². The standard InChI is InChI=1S/C18H19N3O9/c1-9-14(17(23)29-3)16(11-6-4-5-7-12(11)20(25)26)15(10(2)19-9)18(24)30-8-13(22)21(27)28/h4-7,13-14,16,22H,8H2,1-3H3. The van der Waals surface area contributed by atoms with Crippen LogP contribution >= 0.6 is 0 Å². The lowest BCUT2D eigenvalue weighted by molar-refractivity contribution is -0.572. The van der Waals surface area contributed by atoms with E-state index in [-0.39, 0.29) is 28.2 Å². The summed E-state index contributed by atoms with van der Waals surface area (Å²) < 4.78 is 9.66. The van der Waals surface area contributed by atoms with Crippen LogP contribution in [-0.2, 0) is 19.1 Å². The van der Waals surface area contributed by atoms with Gasteiger partial charge in [0.15, 0.2) is 6.61 Å². The summed E-state index contributed by atoms with van der Waals surface area (Å²) in [6, 6.07) is 5.55. The molecule has 12 nitrogen and oxygen atoms in total. The van der Waals surface area contributed by atoms with Crippen LogP contribution in [0.25, 0.3) is 0 Å². The van der Waals surface area contributed by atoms with Crippen LogP contribution in [0.2, 0.25) is 0 Å². The van der Waals surface area contributed by atoms with E-state index in [0.717, 1.165) is 7.11 Å². The van der Waals surface area contributed by atoms with E-state index in [9.17, 15) is 34.9 Å². The van der Waals surface area contributed by atoms with Gasteiger partial charge in [-0.25, -0.2) is 4.79 Å². The average molecular weight is 421 g/mol. The van der Waals surface area contributed by atoms with Gasteiger partial charge in [-0.15, -0.1) is 0 Å². The van der Waals surface area contributed by atoms with Crippen LogP contribution in [-0.4, -0.2) is 52.5 Å². The number of aliphatic imine (C=N–C) groups is 1. The van der Waals surface area contributed by atoms with Crippen molar-refractivity contribution in [2.24, 2.45) is 10.9 Å². The van der Waals surface area contributed by atoms with E-state index in [2.05, 4.69) is 4.99 Å². The summed E-state index contributed by atoms with van der Waals surface area (Å²) in [5.74, 6) is -4.22. The van der Waals surface area contributed by atoms with E-state index in [1.807, 2.05) is 0 Å². The molecule has 12 heteroatoms. The number of carbonyl (C=O) groups excluding carboxylic acids is 2. The molecule has 1 aliphatic rings. The largest absolute Gasteiger partial charge is 0.468 e. The molecule has 1 heterocycles. The number of allylic oxidation sites excluding steroid dienone is 1. The fraction of sp³-hybridized carbons (Fsp3) is 0.389. The smallest absolute Gasteiger partial charge is 0.347 e. The minimum absolute atomic E-state index is 0.0493. The van der Waals surface area contributed by atoms with Crippen LogP contribution in [0.4, 0.5) is 5.69 Å². The maximum absolute atomic E-state index is 12.8. The molecule has 1 aromatic rings. The fourth-order valence-corrected chi connectivity index (χ4v) is 3.28. The minimum Gasteiger partial charge on any atom is -0.468 e. The van der Waals surface area contributed by atoms with E-state index in [1.165, 1.54) is 38.1 Å². The second-order valence-corrected chi connectivity index (χ2v) is 6.41. The van der Waals surface area contributed by atoms with Gasteiger partial charge in [0, 0.05) is 29.0 Å². The topological polar surface area (TPSA) is 171 Å². The van der Waals surface area contributed by atoms with Crippen molar-refractivity contribution in [3.05, 3.63) is 61.3 Å². The number of nitrogens with zero attached hydrogens (tertiary/aromatic N) is 3. The molecule has 0 aliphatic carbocycles. The molecule has 30 heavy (non-hydrogen) atoms. The maximum Gasteiger partial charge on any atom is 0.347 e. The van der Waals surface area contributed by atoms with E-state index in [1.54, 1.807) is 0 Å². The van der Waals surface area contributed by atoms with Crippen LogP contribution in [0.3, 0.4) is 0 Å². The number of carbonyl (C=O) groups is 2. The van der Waals surface area contributed by atoms with Gasteiger partial charge in [0.25, 0.3) is 5.69 Å². The fourth-order valence-electron chi connectivity index (χ4n) is 3.28. The average Bonchev–Trinajstić information content (AvgIpc) is 2.70. The summed E-state index contributed by atoms with van der Waals surface area (Å²) in [5.41, 5.74) is -0.0931. The van der Waals surface area contributed by atoms with Crippen molar-refractivity contribution >= 4 is 23.3 Å². The number of ether oxygens (including phenoxy) is 2. The Morgan fingerprint density at radius 2 is 1.87 bits per heavy atom. The third-order valence-electron chi connectivity index (χ3n) is 4.58. The van der Waals surface area contributed by atoms with Crippen LogP contribution in [0.15, 0.2) is 40.5 Å². The van der Waals surface area contributed by atoms with Crippen LogP contribution in [0.1, 0.15) is 25.3 Å². The number of para-hydroxylation sites is 1. The van der Waals surface area contributed by atoms with E-state index in [0.29, 0.717) is 0 Å². The summed E-state index contributed by atoms with van der Waals surface area (Å²) in [6.45, 7) is 2.02. The van der Waals surface area contributed by atoms with E-state index < -0.39 is 46.5 Å². The first-order valence-electron chi connectivity index (χ1n) is 8.65. The molecule has 0 aromatic heterocycles. The molecule has 0 bridgehead atoms. The van der Waals surface area contributed by atoms with Gasteiger partial charge in [-0.1, -0.05) is 18.2 Å². The van der Waals surface area contributed by atoms with Crippen molar-refractivity contribution in [1.29, 1.82) is 0 Å². The summed E-state index contributed by atoms with van der Waals surface area (Å²) in [6.07, 6.45) is -2.15. The third-order valence-corrected chi connectivity index (χ3v) is 4.58. The summed E-state index contributed by atoms with van der Waals surface area (Å²) in [4.78, 5) is 49.9. The van der Waals surface area contributed by atoms with Crippen molar-refractivity contribution in [3.63, 3.8) is 0 Å². The van der Waals surface area contributed by atoms with Crippen molar-refractivity contribution < 1.29 is 34.0 Å². The SMILES string of the molecule is COC(=O)C1C(C)=NC(C)=C(C(=O)OCC(O)[N+](=O)[O-])C1c1ccccc1[N+](=O)[O-]. The highest BCUT2D eigenvalue weighted by Gasteiger charge is 2.44. The number of hydrogen-bond donors (Lipinski definition) is 1. The lowest BCUT2D eigenvalue weighted by atomic mass is 9.75. The molecule has 0 saturated carbocycles. The normalized spacial score (nSPS) is 19.5. The van der Waals surface area contributed by atoms with Gasteiger partial charge in [-0.3, -0.25) is 30.0 Å². The number of nitro groups is 2. The number of aliphatic hydroxyl groups is 1. The Kier molecular flexibility index (Phi) is 6.95. The highest BCUT2D eigenvalue weighted by atomic mass is 16.7. The molecule has 0 spiro atoms. The number of benzene rings is 1. The molecule has 1 aliphatic heterocycles. The first kappa shape index (κ1) is 22.6. The van der Waals surface area contributed by atoms with Crippen LogP contribution in [0, 0.1) is 26.1 Å². The summed E-state index contributed by atoms with van der Waals surface area (Å²) in [7, 11) is 1.13. The highest BCUT2D eigenvalue weighted by molar-refractivity contribution is 6.07. The Morgan fingerprint density at radius 1 is 1.23 bits per heavy atom. The molecule has 3 unspecified atom stereocenters. The quantitative estimate of drug-likeness (QED) is 0.295. The second-order valence-electron chi connectivity index (χ2n) is 6.41. The number of esters is 2. The predicted molar refractivity (Wildman–Crippen MR) is 101 cm³/mol. The lowest BCUT2D eigenvalue weighted by Crippen LogP contribution is -2.37. The molecule has 0 amide bonds. The van der Waals surface area contributed by atoms with Crippen molar-refractivity contribution in [2.75, 3.05) is 13.7 Å². The first-order valence-corrected chi connectivity index (χ1v) is 8.65. The Labute approximate surface area is 170 Å². The Hall–Kier alpha value is -3.67. The zero-order valence-electron chi connectivity index (χ0n) is 16.3. The maximum atomic E-state index is 12.8. The Morgan fingerprint density at radius 3 is 2.43 bits per heavy atom. The Balaban J connectivity index is 2.62. The molecular formula is C18H19N3O9. The predicted octanol–water partition coefficient (Wildman–Crippen LogP) is 1.35. The van der Waals surface area contributed by atoms with Crippen LogP contribution < -0.4 is 0 Å². The highest BCUT2D eigenvalue weighted by Crippen LogP contribution is 2.43. The van der Waals surface area contributed by atoms with Gasteiger partial charge in [-0.2, -0.15) is 0 Å². The molecule has 2 rings (SSSR count). The number of methoxy groups -OCH3 is 1. The monoisotopic (exact) mass is 421 g/mol. The third kappa shape index (κ3) is 4.49. The van der Waals surface area contributed by atoms with Crippen molar-refractivity contribution in [2.45, 2.75) is 26.0 Å². The molecule has 1 aromatic carbocycles. The molecule has 0 saturated heterocycles. The molecule has 1 N–H and O–H groups in total. The lowest BCUT2D eigenvalue weighted by Gasteiger charge is -2.31. The molecule has 0 fully saturated rings. The number of nitro benzene ring substituents is 1. The number of rotatable bonds is 7. The van der Waals surface area contributed by atoms with Gasteiger partial charge in [0.05, 0.1) is 22.5 Å². The van der Waals surface area contributed by atoms with Crippen LogP contribution in [0.5, 0.6) is 0 Å². The molecule has 0 radical (unpaired) electrons. The van der Waals surface area contributed by atoms with Crippen molar-refractivity contribution in [3.8, 4) is 0 Å². The van der Waals surface area contributed by atoms with E-state index >= 15 is 0 Å². The minimum atomic E-state index is -2.15. The molecular weight excluding hydrogens is 402 g/mol.